The molecule has 0 aliphatic rings. The molecule has 2 aromatic rings. The van der Waals surface area contributed by atoms with Gasteiger partial charge in [0, 0.05) is 11.4 Å². The average molecular weight is 328 g/mol. The predicted octanol–water partition coefficient (Wildman–Crippen LogP) is 3.95. The van der Waals surface area contributed by atoms with Gasteiger partial charge in [-0.1, -0.05) is 19.9 Å². The third-order valence-electron chi connectivity index (χ3n) is 3.51. The molecule has 0 radical (unpaired) electrons. The number of hydrogen-bond acceptors (Lipinski definition) is 4. The summed E-state index contributed by atoms with van der Waals surface area (Å²) in [4.78, 5) is 23.5. The van der Waals surface area contributed by atoms with Gasteiger partial charge in [-0.05, 0) is 47.9 Å². The number of carbonyl (C=O) groups excluding carboxylic acids is 2. The van der Waals surface area contributed by atoms with Gasteiger partial charge in [-0.25, -0.2) is 4.79 Å². The van der Waals surface area contributed by atoms with Crippen molar-refractivity contribution >= 4 is 23.4 Å². The van der Waals surface area contributed by atoms with Crippen LogP contribution in [0.1, 0.15) is 35.7 Å². The number of anilines is 2. The van der Waals surface area contributed by atoms with Gasteiger partial charge >= 0.3 is 6.09 Å². The van der Waals surface area contributed by atoms with E-state index in [2.05, 4.69) is 15.4 Å². The normalized spacial score (nSPS) is 10.3. The van der Waals surface area contributed by atoms with Gasteiger partial charge in [-0.2, -0.15) is 0 Å². The molecule has 0 unspecified atom stereocenters. The zero-order chi connectivity index (χ0) is 17.7. The third-order valence-corrected chi connectivity index (χ3v) is 3.51. The van der Waals surface area contributed by atoms with Crippen LogP contribution in [-0.2, 0) is 4.74 Å². The summed E-state index contributed by atoms with van der Waals surface area (Å²) in [6.45, 7) is 4.03. The van der Waals surface area contributed by atoms with E-state index < -0.39 is 12.0 Å². The lowest BCUT2D eigenvalue weighted by Gasteiger charge is -2.11. The molecule has 0 atom stereocenters. The number of methoxy groups -OCH3 is 1. The molecule has 0 heterocycles. The number of hydrogen-bond donors (Lipinski definition) is 3. The molecule has 2 rings (SSSR count). The molecule has 6 nitrogen and oxygen atoms in total. The number of ether oxygens (including phenoxy) is 1. The van der Waals surface area contributed by atoms with E-state index in [1.807, 2.05) is 13.8 Å². The topological polar surface area (TPSA) is 87.7 Å². The molecule has 0 aromatic heterocycles. The summed E-state index contributed by atoms with van der Waals surface area (Å²) in [5.74, 6) is -0.217. The van der Waals surface area contributed by atoms with E-state index in [0.29, 0.717) is 11.4 Å². The van der Waals surface area contributed by atoms with Crippen molar-refractivity contribution in [3.63, 3.8) is 0 Å². The lowest BCUT2D eigenvalue weighted by Crippen LogP contribution is -2.13. The first-order valence-electron chi connectivity index (χ1n) is 7.50. The largest absolute Gasteiger partial charge is 0.507 e. The molecule has 0 saturated heterocycles. The van der Waals surface area contributed by atoms with E-state index >= 15 is 0 Å². The summed E-state index contributed by atoms with van der Waals surface area (Å²) in [5, 5.41) is 15.1. The highest BCUT2D eigenvalue weighted by atomic mass is 16.5. The number of carbonyl (C=O) groups is 2. The van der Waals surface area contributed by atoms with Crippen LogP contribution in [0.3, 0.4) is 0 Å². The Labute approximate surface area is 140 Å². The SMILES string of the molecule is COC(=O)Nc1ccc(NC(=O)c2cc(C(C)C)ccc2O)cc1. The van der Waals surface area contributed by atoms with Crippen molar-refractivity contribution in [3.8, 4) is 5.75 Å². The molecular formula is C18H20N2O4. The van der Waals surface area contributed by atoms with E-state index in [-0.39, 0.29) is 17.2 Å². The first-order valence-corrected chi connectivity index (χ1v) is 7.50. The number of benzene rings is 2. The Morgan fingerprint density at radius 2 is 1.58 bits per heavy atom. The molecule has 2 aromatic carbocycles. The highest BCUT2D eigenvalue weighted by Gasteiger charge is 2.13. The minimum Gasteiger partial charge on any atom is -0.507 e. The van der Waals surface area contributed by atoms with Crippen LogP contribution in [-0.4, -0.2) is 24.2 Å². The zero-order valence-electron chi connectivity index (χ0n) is 13.8. The molecule has 6 heteroatoms. The van der Waals surface area contributed by atoms with Crippen molar-refractivity contribution in [2.24, 2.45) is 0 Å². The van der Waals surface area contributed by atoms with Crippen molar-refractivity contribution < 1.29 is 19.4 Å². The molecular weight excluding hydrogens is 308 g/mol. The Morgan fingerprint density at radius 1 is 1.00 bits per heavy atom. The number of aromatic hydroxyl groups is 1. The quantitative estimate of drug-likeness (QED) is 0.793. The fourth-order valence-electron chi connectivity index (χ4n) is 2.10. The molecule has 24 heavy (non-hydrogen) atoms. The number of nitrogens with one attached hydrogen (secondary N) is 2. The second kappa shape index (κ2) is 7.50. The number of phenolic OH excluding ortho intramolecular Hbond substituents is 1. The van der Waals surface area contributed by atoms with Crippen molar-refractivity contribution in [1.82, 2.24) is 0 Å². The summed E-state index contributed by atoms with van der Waals surface area (Å²) in [6.07, 6.45) is -0.567. The van der Waals surface area contributed by atoms with Crippen molar-refractivity contribution in [2.75, 3.05) is 17.7 Å². The predicted molar refractivity (Wildman–Crippen MR) is 92.6 cm³/mol. The standard InChI is InChI=1S/C18H20N2O4/c1-11(2)12-4-9-16(21)15(10-12)17(22)19-13-5-7-14(8-6-13)20-18(23)24-3/h4-11,21H,1-3H3,(H,19,22)(H,20,23). The van der Waals surface area contributed by atoms with E-state index in [9.17, 15) is 14.7 Å². The minimum atomic E-state index is -0.567. The van der Waals surface area contributed by atoms with Crippen LogP contribution in [0.15, 0.2) is 42.5 Å². The minimum absolute atomic E-state index is 0.0686. The Kier molecular flexibility index (Phi) is 5.42. The van der Waals surface area contributed by atoms with Gasteiger partial charge in [0.2, 0.25) is 0 Å². The lowest BCUT2D eigenvalue weighted by atomic mass is 10.00. The molecule has 0 saturated carbocycles. The van der Waals surface area contributed by atoms with Gasteiger partial charge in [-0.3, -0.25) is 10.1 Å². The first-order chi connectivity index (χ1) is 11.4. The summed E-state index contributed by atoms with van der Waals surface area (Å²) in [7, 11) is 1.28. The fraction of sp³-hybridized carbons (Fsp3) is 0.222. The highest BCUT2D eigenvalue weighted by molar-refractivity contribution is 6.06. The molecule has 0 bridgehead atoms. The average Bonchev–Trinajstić information content (AvgIpc) is 2.56. The van der Waals surface area contributed by atoms with E-state index in [4.69, 9.17) is 0 Å². The molecule has 3 N–H and O–H groups in total. The molecule has 0 spiro atoms. The monoisotopic (exact) mass is 328 g/mol. The van der Waals surface area contributed by atoms with E-state index in [1.54, 1.807) is 36.4 Å². The highest BCUT2D eigenvalue weighted by Crippen LogP contribution is 2.24. The van der Waals surface area contributed by atoms with E-state index in [1.165, 1.54) is 13.2 Å². The summed E-state index contributed by atoms with van der Waals surface area (Å²) < 4.78 is 4.50. The van der Waals surface area contributed by atoms with Crippen molar-refractivity contribution in [2.45, 2.75) is 19.8 Å². The molecule has 0 aliphatic carbocycles. The first kappa shape index (κ1) is 17.3. The van der Waals surface area contributed by atoms with Gasteiger partial charge in [-0.15, -0.1) is 0 Å². The van der Waals surface area contributed by atoms with Crippen LogP contribution in [0, 0.1) is 0 Å². The molecule has 0 fully saturated rings. The smallest absolute Gasteiger partial charge is 0.411 e. The Hall–Kier alpha value is -3.02. The molecule has 0 aliphatic heterocycles. The van der Waals surface area contributed by atoms with Gasteiger partial charge < -0.3 is 15.2 Å². The number of phenols is 1. The van der Waals surface area contributed by atoms with Gasteiger partial charge in [0.15, 0.2) is 0 Å². The van der Waals surface area contributed by atoms with Crippen LogP contribution in [0.25, 0.3) is 0 Å². The third kappa shape index (κ3) is 4.25. The summed E-state index contributed by atoms with van der Waals surface area (Å²) in [6, 6.07) is 11.6. The van der Waals surface area contributed by atoms with Crippen LogP contribution in [0.5, 0.6) is 5.75 Å². The maximum Gasteiger partial charge on any atom is 0.411 e. The van der Waals surface area contributed by atoms with Gasteiger partial charge in [0.05, 0.1) is 12.7 Å². The van der Waals surface area contributed by atoms with Crippen molar-refractivity contribution in [1.29, 1.82) is 0 Å². The second-order valence-corrected chi connectivity index (χ2v) is 5.58. The Balaban J connectivity index is 2.12. The lowest BCUT2D eigenvalue weighted by molar-refractivity contribution is 0.102. The maximum atomic E-state index is 12.4. The van der Waals surface area contributed by atoms with Gasteiger partial charge in [0.25, 0.3) is 5.91 Å². The van der Waals surface area contributed by atoms with Crippen LogP contribution in [0.2, 0.25) is 0 Å². The van der Waals surface area contributed by atoms with Crippen LogP contribution >= 0.6 is 0 Å². The molecule has 126 valence electrons. The summed E-state index contributed by atoms with van der Waals surface area (Å²) in [5.41, 5.74) is 2.28. The summed E-state index contributed by atoms with van der Waals surface area (Å²) >= 11 is 0. The Morgan fingerprint density at radius 3 is 2.12 bits per heavy atom. The number of amides is 2. The van der Waals surface area contributed by atoms with Crippen LogP contribution < -0.4 is 10.6 Å². The molecule has 2 amide bonds. The van der Waals surface area contributed by atoms with Gasteiger partial charge in [0.1, 0.15) is 5.75 Å². The van der Waals surface area contributed by atoms with Crippen molar-refractivity contribution in [3.05, 3.63) is 53.6 Å². The second-order valence-electron chi connectivity index (χ2n) is 5.58. The fourth-order valence-corrected chi connectivity index (χ4v) is 2.10. The van der Waals surface area contributed by atoms with Crippen LogP contribution in [0.4, 0.5) is 16.2 Å². The Bertz CT molecular complexity index is 739. The number of rotatable bonds is 4. The van der Waals surface area contributed by atoms with E-state index in [0.717, 1.165) is 5.56 Å². The zero-order valence-corrected chi connectivity index (χ0v) is 13.8. The maximum absolute atomic E-state index is 12.4.